The average molecular weight is 226 g/mol. The van der Waals surface area contributed by atoms with Crippen molar-refractivity contribution in [3.05, 3.63) is 55.1 Å². The van der Waals surface area contributed by atoms with Crippen molar-refractivity contribution in [1.82, 2.24) is 0 Å². The highest BCUT2D eigenvalue weighted by atomic mass is 32.4. The number of benzene rings is 1. The molecule has 0 radical (unpaired) electrons. The van der Waals surface area contributed by atoms with Crippen LogP contribution in [0.2, 0.25) is 0 Å². The molecule has 3 heteroatoms. The highest BCUT2D eigenvalue weighted by molar-refractivity contribution is 8.19. The Labute approximate surface area is 89.2 Å². The zero-order valence-corrected chi connectivity index (χ0v) is 9.53. The lowest BCUT2D eigenvalue weighted by Crippen LogP contribution is -2.04. The van der Waals surface area contributed by atoms with Crippen molar-refractivity contribution in [3.8, 4) is 0 Å². The normalized spacial score (nSPS) is 14.4. The van der Waals surface area contributed by atoms with Crippen molar-refractivity contribution in [2.24, 2.45) is 0 Å². The van der Waals surface area contributed by atoms with Gasteiger partial charge >= 0.3 is 0 Å². The monoisotopic (exact) mass is 226 g/mol. The predicted molar refractivity (Wildman–Crippen MR) is 65.6 cm³/mol. The highest BCUT2D eigenvalue weighted by Gasteiger charge is 2.13. The fourth-order valence-corrected chi connectivity index (χ4v) is 3.46. The van der Waals surface area contributed by atoms with E-state index in [0.29, 0.717) is 0 Å². The molecule has 0 nitrogen and oxygen atoms in total. The van der Waals surface area contributed by atoms with Crippen molar-refractivity contribution in [1.29, 1.82) is 0 Å². The summed E-state index contributed by atoms with van der Waals surface area (Å²) in [6.07, 6.45) is 2.53. The highest BCUT2D eigenvalue weighted by Crippen LogP contribution is 2.45. The first-order chi connectivity index (χ1) is 6.62. The first-order valence-corrected chi connectivity index (χ1v) is 7.27. The zero-order chi connectivity index (χ0) is 10.6. The Bertz CT molecular complexity index is 381. The van der Waals surface area contributed by atoms with E-state index in [1.54, 1.807) is 24.0 Å². The van der Waals surface area contributed by atoms with E-state index in [4.69, 9.17) is 11.8 Å². The molecular formula is C11H12FPS. The molecule has 74 valence electrons. The molecule has 0 saturated heterocycles. The van der Waals surface area contributed by atoms with Crippen LogP contribution in [0.25, 0.3) is 0 Å². The second-order valence-electron chi connectivity index (χ2n) is 2.93. The third kappa shape index (κ3) is 2.40. The van der Waals surface area contributed by atoms with Gasteiger partial charge in [-0.15, -0.1) is 6.58 Å². The fourth-order valence-electron chi connectivity index (χ4n) is 1.17. The van der Waals surface area contributed by atoms with Gasteiger partial charge in [-0.2, -0.15) is 0 Å². The molecule has 0 spiro atoms. The second-order valence-corrected chi connectivity index (χ2v) is 7.72. The summed E-state index contributed by atoms with van der Waals surface area (Å²) in [6.45, 7) is 7.43. The van der Waals surface area contributed by atoms with Crippen molar-refractivity contribution < 1.29 is 4.39 Å². The SMILES string of the molecule is C=CCP(=S)(C=C)c1ccc(F)cc1. The van der Waals surface area contributed by atoms with Gasteiger partial charge in [0.25, 0.3) is 0 Å². The van der Waals surface area contributed by atoms with Crippen molar-refractivity contribution in [2.75, 3.05) is 6.16 Å². The molecule has 0 aliphatic rings. The van der Waals surface area contributed by atoms with Gasteiger partial charge in [0.05, 0.1) is 0 Å². The second kappa shape index (κ2) is 4.68. The Balaban J connectivity index is 3.12. The van der Waals surface area contributed by atoms with Crippen molar-refractivity contribution in [3.63, 3.8) is 0 Å². The summed E-state index contributed by atoms with van der Waals surface area (Å²) in [5.41, 5.74) is 0. The van der Waals surface area contributed by atoms with Crippen LogP contribution in [0.4, 0.5) is 4.39 Å². The minimum Gasteiger partial charge on any atom is -0.207 e. The molecule has 1 aromatic carbocycles. The molecule has 1 unspecified atom stereocenters. The van der Waals surface area contributed by atoms with Crippen LogP contribution in [0, 0.1) is 5.82 Å². The minimum atomic E-state index is -1.76. The summed E-state index contributed by atoms with van der Waals surface area (Å²) in [7, 11) is 0. The van der Waals surface area contributed by atoms with E-state index in [1.807, 2.05) is 0 Å². The van der Waals surface area contributed by atoms with E-state index in [2.05, 4.69) is 13.2 Å². The van der Waals surface area contributed by atoms with Crippen molar-refractivity contribution >= 4 is 23.1 Å². The number of hydrogen-bond acceptors (Lipinski definition) is 1. The lowest BCUT2D eigenvalue weighted by molar-refractivity contribution is 0.628. The summed E-state index contributed by atoms with van der Waals surface area (Å²) in [6, 6.07) is 4.58. The molecule has 14 heavy (non-hydrogen) atoms. The largest absolute Gasteiger partial charge is 0.207 e. The van der Waals surface area contributed by atoms with Gasteiger partial charge in [-0.25, -0.2) is 4.39 Å². The van der Waals surface area contributed by atoms with Crippen LogP contribution < -0.4 is 5.30 Å². The van der Waals surface area contributed by atoms with Gasteiger partial charge in [0.2, 0.25) is 0 Å². The van der Waals surface area contributed by atoms with E-state index in [0.717, 1.165) is 11.5 Å². The fraction of sp³-hybridized carbons (Fsp3) is 0.0909. The lowest BCUT2D eigenvalue weighted by atomic mass is 10.3. The lowest BCUT2D eigenvalue weighted by Gasteiger charge is -2.15. The standard InChI is InChI=1S/C11H12FPS/c1-3-9-13(14,4-2)11-7-5-10(12)6-8-11/h3-8H,1-2,9H2. The van der Waals surface area contributed by atoms with Crippen LogP contribution in [0.5, 0.6) is 0 Å². The van der Waals surface area contributed by atoms with E-state index in [1.165, 1.54) is 12.1 Å². The van der Waals surface area contributed by atoms with E-state index >= 15 is 0 Å². The van der Waals surface area contributed by atoms with Gasteiger partial charge in [-0.3, -0.25) is 0 Å². The summed E-state index contributed by atoms with van der Waals surface area (Å²) < 4.78 is 12.7. The summed E-state index contributed by atoms with van der Waals surface area (Å²) in [4.78, 5) is 0. The molecule has 1 atom stereocenters. The van der Waals surface area contributed by atoms with E-state index < -0.39 is 6.04 Å². The Morgan fingerprint density at radius 1 is 1.29 bits per heavy atom. The van der Waals surface area contributed by atoms with Crippen LogP contribution in [0.3, 0.4) is 0 Å². The molecule has 0 N–H and O–H groups in total. The van der Waals surface area contributed by atoms with Gasteiger partial charge in [-0.05, 0) is 17.4 Å². The third-order valence-corrected chi connectivity index (χ3v) is 6.05. The molecular weight excluding hydrogens is 214 g/mol. The Morgan fingerprint density at radius 2 is 1.86 bits per heavy atom. The summed E-state index contributed by atoms with van der Waals surface area (Å²) in [5, 5.41) is 0.990. The first-order valence-electron chi connectivity index (χ1n) is 4.22. The van der Waals surface area contributed by atoms with Crippen LogP contribution in [-0.2, 0) is 11.8 Å². The summed E-state index contributed by atoms with van der Waals surface area (Å²) in [5.74, 6) is 1.56. The molecule has 1 rings (SSSR count). The van der Waals surface area contributed by atoms with Crippen LogP contribution in [-0.4, -0.2) is 6.16 Å². The molecule has 0 aliphatic heterocycles. The molecule has 0 amide bonds. The number of halogens is 1. The van der Waals surface area contributed by atoms with Crippen molar-refractivity contribution in [2.45, 2.75) is 0 Å². The third-order valence-electron chi connectivity index (χ3n) is 1.96. The number of allylic oxidation sites excluding steroid dienone is 1. The van der Waals surface area contributed by atoms with E-state index in [-0.39, 0.29) is 5.82 Å². The minimum absolute atomic E-state index is 0.238. The Hall–Kier alpha value is -0.720. The van der Waals surface area contributed by atoms with Crippen LogP contribution >= 0.6 is 6.04 Å². The summed E-state index contributed by atoms with van der Waals surface area (Å²) >= 11 is 5.51. The predicted octanol–water partition coefficient (Wildman–Crippen LogP) is 3.26. The molecule has 0 heterocycles. The van der Waals surface area contributed by atoms with Gasteiger partial charge < -0.3 is 0 Å². The van der Waals surface area contributed by atoms with Gasteiger partial charge in [0, 0.05) is 12.2 Å². The van der Waals surface area contributed by atoms with E-state index in [9.17, 15) is 4.39 Å². The quantitative estimate of drug-likeness (QED) is 0.561. The number of rotatable bonds is 4. The molecule has 0 fully saturated rings. The molecule has 0 bridgehead atoms. The molecule has 0 aliphatic carbocycles. The smallest absolute Gasteiger partial charge is 0.123 e. The zero-order valence-electron chi connectivity index (χ0n) is 7.82. The Morgan fingerprint density at radius 3 is 2.29 bits per heavy atom. The Kier molecular flexibility index (Phi) is 3.79. The molecule has 1 aromatic rings. The number of hydrogen-bond donors (Lipinski definition) is 0. The maximum absolute atomic E-state index is 12.7. The van der Waals surface area contributed by atoms with Gasteiger partial charge in [0.1, 0.15) is 5.82 Å². The van der Waals surface area contributed by atoms with Gasteiger partial charge in [-0.1, -0.05) is 42.4 Å². The van der Waals surface area contributed by atoms with Gasteiger partial charge in [0.15, 0.2) is 0 Å². The average Bonchev–Trinajstić information content (AvgIpc) is 2.19. The van der Waals surface area contributed by atoms with Crippen LogP contribution in [0.15, 0.2) is 49.3 Å². The molecule has 0 saturated carbocycles. The topological polar surface area (TPSA) is 0 Å². The van der Waals surface area contributed by atoms with Crippen LogP contribution in [0.1, 0.15) is 0 Å². The maximum Gasteiger partial charge on any atom is 0.123 e. The first kappa shape index (κ1) is 11.4. The maximum atomic E-state index is 12.7. The molecule has 0 aromatic heterocycles.